The second-order valence-electron chi connectivity index (χ2n) is 0.762. The highest BCUT2D eigenvalue weighted by atomic mass is 33.1. The largest absolute Gasteiger partial charge is 0.220 e. The molecule has 0 aromatic rings. The predicted molar refractivity (Wildman–Crippen MR) is 35.9 cm³/mol. The molecule has 0 aromatic carbocycles. The van der Waals surface area contributed by atoms with Gasteiger partial charge >= 0.3 is 0 Å². The summed E-state index contributed by atoms with van der Waals surface area (Å²) in [5, 5.41) is 0. The predicted octanol–water partition coefficient (Wildman–Crippen LogP) is 1.45. The summed E-state index contributed by atoms with van der Waals surface area (Å²) < 4.78 is 4.70. The van der Waals surface area contributed by atoms with Crippen molar-refractivity contribution in [3.63, 3.8) is 0 Å². The van der Waals surface area contributed by atoms with E-state index >= 15 is 0 Å². The van der Waals surface area contributed by atoms with Crippen molar-refractivity contribution < 1.29 is 4.28 Å². The first-order chi connectivity index (χ1) is 3.41. The number of hydrogen-bond donors (Lipinski definition) is 1. The van der Waals surface area contributed by atoms with Crippen LogP contribution in [0.2, 0.25) is 0 Å². The van der Waals surface area contributed by atoms with E-state index in [1.165, 1.54) is 11.1 Å². The summed E-state index contributed by atoms with van der Waals surface area (Å²) >= 11 is 1.36. The lowest BCUT2D eigenvalue weighted by Gasteiger charge is -1.92. The molecule has 0 saturated carbocycles. The van der Waals surface area contributed by atoms with Gasteiger partial charge in [-0.1, -0.05) is 17.7 Å². The fourth-order valence-electron chi connectivity index (χ4n) is 0.106. The number of nitrogens with one attached hydrogen (secondary N) is 1. The molecule has 2 nitrogen and oxygen atoms in total. The van der Waals surface area contributed by atoms with Gasteiger partial charge in [0.1, 0.15) is 0 Å². The van der Waals surface area contributed by atoms with Gasteiger partial charge in [-0.15, -0.1) is 0 Å². The fourth-order valence-corrected chi connectivity index (χ4v) is 0.956. The van der Waals surface area contributed by atoms with Gasteiger partial charge in [-0.25, -0.2) is 4.28 Å². The van der Waals surface area contributed by atoms with E-state index in [1.807, 2.05) is 0 Å². The molecule has 0 spiro atoms. The summed E-state index contributed by atoms with van der Waals surface area (Å²) in [6.45, 7) is 2.08. The molecular formula is C3H9NOS2. The molecule has 0 rings (SSSR count). The molecule has 0 atom stereocenters. The molecule has 0 fully saturated rings. The average molecular weight is 139 g/mol. The number of rotatable bonds is 4. The Morgan fingerprint density at radius 3 is 2.86 bits per heavy atom. The molecule has 0 aromatic heterocycles. The second-order valence-corrected chi connectivity index (χ2v) is 2.99. The summed E-state index contributed by atoms with van der Waals surface area (Å²) in [4.78, 5) is 0. The summed E-state index contributed by atoms with van der Waals surface area (Å²) in [5.41, 5.74) is 2.54. The Kier molecular flexibility index (Phi) is 7.21. The molecule has 0 bridgehead atoms. The zero-order valence-corrected chi connectivity index (χ0v) is 6.06. The molecule has 4 heteroatoms. The Morgan fingerprint density at radius 2 is 2.43 bits per heavy atom. The summed E-state index contributed by atoms with van der Waals surface area (Å²) in [6.07, 6.45) is 0. The quantitative estimate of drug-likeness (QED) is 0.275. The van der Waals surface area contributed by atoms with Crippen molar-refractivity contribution in [3.8, 4) is 0 Å². The van der Waals surface area contributed by atoms with Crippen molar-refractivity contribution in [2.24, 2.45) is 0 Å². The van der Waals surface area contributed by atoms with E-state index < -0.39 is 0 Å². The maximum atomic E-state index is 4.70. The molecule has 0 aliphatic rings. The third kappa shape index (κ3) is 6.62. The van der Waals surface area contributed by atoms with Gasteiger partial charge in [-0.3, -0.25) is 0 Å². The minimum absolute atomic E-state index is 1.08. The van der Waals surface area contributed by atoms with Crippen LogP contribution in [-0.2, 0) is 4.28 Å². The van der Waals surface area contributed by atoms with Gasteiger partial charge in [0, 0.05) is 12.8 Å². The molecule has 0 amide bonds. The Bertz CT molecular complexity index is 32.1. The third-order valence-electron chi connectivity index (χ3n) is 0.283. The van der Waals surface area contributed by atoms with Crippen molar-refractivity contribution >= 4 is 21.9 Å². The van der Waals surface area contributed by atoms with E-state index in [0.29, 0.717) is 0 Å². The van der Waals surface area contributed by atoms with Crippen LogP contribution in [0.25, 0.3) is 0 Å². The first-order valence-corrected chi connectivity index (χ1v) is 4.28. The van der Waals surface area contributed by atoms with Crippen LogP contribution in [0.4, 0.5) is 0 Å². The van der Waals surface area contributed by atoms with Crippen LogP contribution in [0.1, 0.15) is 6.92 Å². The van der Waals surface area contributed by atoms with E-state index in [9.17, 15) is 0 Å². The lowest BCUT2D eigenvalue weighted by molar-refractivity contribution is 0.276. The van der Waals surface area contributed by atoms with E-state index in [2.05, 4.69) is 12.4 Å². The van der Waals surface area contributed by atoms with E-state index in [4.69, 9.17) is 4.28 Å². The topological polar surface area (TPSA) is 21.3 Å². The van der Waals surface area contributed by atoms with Gasteiger partial charge in [0.05, 0.1) is 11.1 Å². The van der Waals surface area contributed by atoms with Crippen LogP contribution in [-0.4, -0.2) is 12.8 Å². The van der Waals surface area contributed by atoms with Gasteiger partial charge in [0.2, 0.25) is 0 Å². The molecule has 0 unspecified atom stereocenters. The average Bonchev–Trinajstić information content (AvgIpc) is 1.69. The Labute approximate surface area is 51.9 Å². The third-order valence-corrected chi connectivity index (χ3v) is 2.05. The van der Waals surface area contributed by atoms with Crippen molar-refractivity contribution in [3.05, 3.63) is 0 Å². The van der Waals surface area contributed by atoms with Crippen LogP contribution < -0.4 is 5.48 Å². The van der Waals surface area contributed by atoms with Crippen molar-refractivity contribution in [1.29, 1.82) is 0 Å². The Balaban J connectivity index is 2.45. The van der Waals surface area contributed by atoms with Crippen molar-refractivity contribution in [2.75, 3.05) is 12.8 Å². The van der Waals surface area contributed by atoms with E-state index in [0.717, 1.165) is 5.75 Å². The first kappa shape index (κ1) is 7.62. The monoisotopic (exact) mass is 139 g/mol. The van der Waals surface area contributed by atoms with Crippen LogP contribution in [0, 0.1) is 0 Å². The molecule has 0 aliphatic carbocycles. The molecular weight excluding hydrogens is 130 g/mol. The number of hydroxylamine groups is 1. The van der Waals surface area contributed by atoms with Gasteiger partial charge in [-0.2, -0.15) is 5.48 Å². The van der Waals surface area contributed by atoms with Crippen LogP contribution >= 0.6 is 21.9 Å². The van der Waals surface area contributed by atoms with Gasteiger partial charge in [0.25, 0.3) is 0 Å². The zero-order valence-electron chi connectivity index (χ0n) is 4.43. The molecule has 44 valence electrons. The molecule has 0 aliphatic heterocycles. The van der Waals surface area contributed by atoms with Gasteiger partial charge in [-0.05, 0) is 0 Å². The van der Waals surface area contributed by atoms with Crippen LogP contribution in [0.5, 0.6) is 0 Å². The summed E-state index contributed by atoms with van der Waals surface area (Å²) in [5.74, 6) is 1.08. The highest BCUT2D eigenvalue weighted by Crippen LogP contribution is 2.18. The van der Waals surface area contributed by atoms with Gasteiger partial charge in [0.15, 0.2) is 0 Å². The molecule has 0 saturated heterocycles. The number of hydrogen-bond acceptors (Lipinski definition) is 4. The lowest BCUT2D eigenvalue weighted by Crippen LogP contribution is -1.97. The first-order valence-electron chi connectivity index (χ1n) is 2.03. The second kappa shape index (κ2) is 6.62. The zero-order chi connectivity index (χ0) is 5.54. The summed E-state index contributed by atoms with van der Waals surface area (Å²) in [6, 6.07) is 0. The van der Waals surface area contributed by atoms with Crippen molar-refractivity contribution in [1.82, 2.24) is 5.48 Å². The molecule has 1 N–H and O–H groups in total. The Hall–Kier alpha value is 0.620. The van der Waals surface area contributed by atoms with Crippen LogP contribution in [0.15, 0.2) is 0 Å². The maximum absolute atomic E-state index is 4.70. The minimum atomic E-state index is 1.08. The van der Waals surface area contributed by atoms with Crippen molar-refractivity contribution in [2.45, 2.75) is 6.92 Å². The normalized spacial score (nSPS) is 9.43. The standard InChI is InChI=1S/C3H9NOS2/c1-3-6-7-5-4-2/h4H,3H2,1-2H3. The van der Waals surface area contributed by atoms with Crippen LogP contribution in [0.3, 0.4) is 0 Å². The fraction of sp³-hybridized carbons (Fsp3) is 1.00. The molecule has 7 heavy (non-hydrogen) atoms. The summed E-state index contributed by atoms with van der Waals surface area (Å²) in [7, 11) is 3.40. The van der Waals surface area contributed by atoms with E-state index in [1.54, 1.807) is 17.8 Å². The van der Waals surface area contributed by atoms with E-state index in [-0.39, 0.29) is 0 Å². The lowest BCUT2D eigenvalue weighted by atomic mass is 11.0. The highest BCUT2D eigenvalue weighted by Gasteiger charge is 1.80. The minimum Gasteiger partial charge on any atom is -0.220 e. The highest BCUT2D eigenvalue weighted by molar-refractivity contribution is 8.74. The SMILES string of the molecule is CCSSONC. The molecule has 0 heterocycles. The smallest absolute Gasteiger partial charge is 0.0858 e. The maximum Gasteiger partial charge on any atom is 0.0858 e. The molecule has 0 radical (unpaired) electrons. The van der Waals surface area contributed by atoms with Gasteiger partial charge < -0.3 is 0 Å². The Morgan fingerprint density at radius 1 is 1.71 bits per heavy atom.